The van der Waals surface area contributed by atoms with E-state index < -0.39 is 15.3 Å². The number of methoxy groups -OCH3 is 1. The molecule has 38 heavy (non-hydrogen) atoms. The maximum atomic E-state index is 13.8. The van der Waals surface area contributed by atoms with Gasteiger partial charge in [-0.2, -0.15) is 0 Å². The van der Waals surface area contributed by atoms with Gasteiger partial charge in [0, 0.05) is 19.1 Å². The average Bonchev–Trinajstić information content (AvgIpc) is 3.42. The molecule has 208 valence electrons. The lowest BCUT2D eigenvalue weighted by atomic mass is 10.1. The van der Waals surface area contributed by atoms with Crippen LogP contribution in [0.15, 0.2) is 41.3 Å². The third-order valence-corrected chi connectivity index (χ3v) is 9.72. The normalized spacial score (nSPS) is 19.3. The number of amides is 1. The first-order valence-corrected chi connectivity index (χ1v) is 15.1. The number of nitrogens with zero attached hydrogens (tertiary/aromatic N) is 1. The summed E-state index contributed by atoms with van der Waals surface area (Å²) in [6, 6.07) is 11.3. The van der Waals surface area contributed by atoms with E-state index in [4.69, 9.17) is 9.47 Å². The van der Waals surface area contributed by atoms with Crippen molar-refractivity contribution in [2.75, 3.05) is 33.4 Å². The molecule has 2 saturated heterocycles. The molecular formula is C29H41N3O5S. The topological polar surface area (TPSA) is 97.0 Å². The van der Waals surface area contributed by atoms with Gasteiger partial charge in [-0.15, -0.1) is 0 Å². The second-order valence-electron chi connectivity index (χ2n) is 10.4. The van der Waals surface area contributed by atoms with Crippen LogP contribution in [0.1, 0.15) is 54.4 Å². The van der Waals surface area contributed by atoms with Crippen LogP contribution in [0.2, 0.25) is 0 Å². The summed E-state index contributed by atoms with van der Waals surface area (Å²) < 4.78 is 38.7. The Morgan fingerprint density at radius 1 is 1.05 bits per heavy atom. The Labute approximate surface area is 227 Å². The second kappa shape index (κ2) is 13.1. The van der Waals surface area contributed by atoms with Crippen molar-refractivity contribution < 1.29 is 22.7 Å². The Hall–Kier alpha value is -2.46. The van der Waals surface area contributed by atoms with Gasteiger partial charge in [0.25, 0.3) is 0 Å². The summed E-state index contributed by atoms with van der Waals surface area (Å²) in [7, 11) is -2.32. The Kier molecular flexibility index (Phi) is 9.81. The van der Waals surface area contributed by atoms with E-state index in [-0.39, 0.29) is 23.5 Å². The quantitative estimate of drug-likeness (QED) is 0.448. The molecule has 2 heterocycles. The average molecular weight is 544 g/mol. The predicted octanol–water partition coefficient (Wildman–Crippen LogP) is 3.48. The number of aryl methyl sites for hydroxylation is 2. The molecule has 0 aromatic heterocycles. The van der Waals surface area contributed by atoms with Gasteiger partial charge in [-0.25, -0.2) is 8.42 Å². The Morgan fingerprint density at radius 3 is 2.32 bits per heavy atom. The lowest BCUT2D eigenvalue weighted by molar-refractivity contribution is -0.126. The second-order valence-corrected chi connectivity index (χ2v) is 12.4. The molecule has 0 bridgehead atoms. The summed E-state index contributed by atoms with van der Waals surface area (Å²) in [4.78, 5) is 15.4. The number of rotatable bonds is 11. The molecule has 0 aliphatic carbocycles. The summed E-state index contributed by atoms with van der Waals surface area (Å²) in [6.07, 6.45) is 5.39. The maximum Gasteiger partial charge on any atom is 0.246 e. The molecule has 0 radical (unpaired) electrons. The van der Waals surface area contributed by atoms with Gasteiger partial charge in [0.1, 0.15) is 12.4 Å². The molecule has 0 saturated carbocycles. The van der Waals surface area contributed by atoms with E-state index in [1.165, 1.54) is 24.8 Å². The number of nitrogens with one attached hydrogen (secondary N) is 2. The Balaban J connectivity index is 1.36. The van der Waals surface area contributed by atoms with Gasteiger partial charge in [0.15, 0.2) is 5.44 Å². The highest BCUT2D eigenvalue weighted by Gasteiger charge is 2.39. The number of hydrogen-bond acceptors (Lipinski definition) is 7. The van der Waals surface area contributed by atoms with E-state index in [0.29, 0.717) is 29.8 Å². The van der Waals surface area contributed by atoms with Gasteiger partial charge >= 0.3 is 0 Å². The van der Waals surface area contributed by atoms with Gasteiger partial charge in [0.2, 0.25) is 15.7 Å². The van der Waals surface area contributed by atoms with E-state index in [0.717, 1.165) is 38.2 Å². The summed E-state index contributed by atoms with van der Waals surface area (Å²) in [5.41, 5.74) is 2.30. The standard InChI is InChI=1S/C29H41N3O5S/c1-21-16-25(36-3)17-22(2)28(21)38(34,35)29(26-8-7-13-30-26)37-20-27(33)31-18-23-9-11-24(12-10-23)19-32-14-5-4-6-15-32/h9-12,16-17,26,29-30H,4-8,13-15,18-20H2,1-3H3,(H,31,33). The van der Waals surface area contributed by atoms with Gasteiger partial charge in [-0.1, -0.05) is 30.7 Å². The number of benzene rings is 2. The highest BCUT2D eigenvalue weighted by molar-refractivity contribution is 7.92. The minimum absolute atomic E-state index is 0.238. The fourth-order valence-corrected chi connectivity index (χ4v) is 7.67. The van der Waals surface area contributed by atoms with Crippen molar-refractivity contribution in [3.8, 4) is 5.75 Å². The monoisotopic (exact) mass is 543 g/mol. The highest BCUT2D eigenvalue weighted by atomic mass is 32.2. The van der Waals surface area contributed by atoms with Crippen molar-refractivity contribution in [1.29, 1.82) is 0 Å². The number of ether oxygens (including phenoxy) is 2. The first-order valence-electron chi connectivity index (χ1n) is 13.6. The molecule has 2 atom stereocenters. The van der Waals surface area contributed by atoms with Crippen molar-refractivity contribution in [2.24, 2.45) is 0 Å². The molecule has 2 aromatic rings. The van der Waals surface area contributed by atoms with Crippen LogP contribution in [-0.2, 0) is 32.5 Å². The molecule has 2 aliphatic rings. The van der Waals surface area contributed by atoms with Gasteiger partial charge in [-0.3, -0.25) is 9.69 Å². The molecule has 2 unspecified atom stereocenters. The molecule has 4 rings (SSSR count). The molecular weight excluding hydrogens is 502 g/mol. The van der Waals surface area contributed by atoms with Crippen LogP contribution in [0.4, 0.5) is 0 Å². The van der Waals surface area contributed by atoms with Crippen LogP contribution in [0.25, 0.3) is 0 Å². The fourth-order valence-electron chi connectivity index (χ4n) is 5.51. The van der Waals surface area contributed by atoms with E-state index >= 15 is 0 Å². The zero-order valence-corrected chi connectivity index (χ0v) is 23.6. The Bertz CT molecular complexity index is 1160. The van der Waals surface area contributed by atoms with Crippen LogP contribution in [-0.4, -0.2) is 64.1 Å². The van der Waals surface area contributed by atoms with E-state index in [1.807, 2.05) is 12.1 Å². The zero-order chi connectivity index (χ0) is 27.1. The van der Waals surface area contributed by atoms with E-state index in [1.54, 1.807) is 33.1 Å². The minimum Gasteiger partial charge on any atom is -0.497 e. The number of likely N-dealkylation sites (tertiary alicyclic amines) is 1. The number of sulfone groups is 1. The molecule has 9 heteroatoms. The van der Waals surface area contributed by atoms with Crippen molar-refractivity contribution in [3.05, 3.63) is 58.7 Å². The lowest BCUT2D eigenvalue weighted by Crippen LogP contribution is -2.44. The molecule has 8 nitrogen and oxygen atoms in total. The molecule has 0 spiro atoms. The third-order valence-electron chi connectivity index (χ3n) is 7.43. The maximum absolute atomic E-state index is 13.8. The number of carbonyl (C=O) groups is 1. The van der Waals surface area contributed by atoms with Gasteiger partial charge < -0.3 is 20.1 Å². The largest absolute Gasteiger partial charge is 0.497 e. The molecule has 2 fully saturated rings. The highest BCUT2D eigenvalue weighted by Crippen LogP contribution is 2.31. The molecule has 1 amide bonds. The van der Waals surface area contributed by atoms with Gasteiger partial charge in [-0.05, 0) is 93.6 Å². The number of hydrogen-bond donors (Lipinski definition) is 2. The summed E-state index contributed by atoms with van der Waals surface area (Å²) in [6.45, 7) is 7.54. The SMILES string of the molecule is COc1cc(C)c(S(=O)(=O)C(OCC(=O)NCc2ccc(CN3CCCCC3)cc2)C2CCCN2)c(C)c1. The van der Waals surface area contributed by atoms with Crippen molar-refractivity contribution >= 4 is 15.7 Å². The molecule has 2 aliphatic heterocycles. The van der Waals surface area contributed by atoms with Crippen LogP contribution >= 0.6 is 0 Å². The summed E-state index contributed by atoms with van der Waals surface area (Å²) in [5, 5.41) is 6.11. The van der Waals surface area contributed by atoms with Crippen molar-refractivity contribution in [1.82, 2.24) is 15.5 Å². The third kappa shape index (κ3) is 7.14. The number of piperidine rings is 1. The molecule has 2 N–H and O–H groups in total. The summed E-state index contributed by atoms with van der Waals surface area (Å²) >= 11 is 0. The van der Waals surface area contributed by atoms with E-state index in [9.17, 15) is 13.2 Å². The van der Waals surface area contributed by atoms with E-state index in [2.05, 4.69) is 27.7 Å². The molecule has 2 aromatic carbocycles. The fraction of sp³-hybridized carbons (Fsp3) is 0.552. The smallest absolute Gasteiger partial charge is 0.246 e. The van der Waals surface area contributed by atoms with Crippen LogP contribution in [0, 0.1) is 13.8 Å². The lowest BCUT2D eigenvalue weighted by Gasteiger charge is -2.26. The van der Waals surface area contributed by atoms with Crippen molar-refractivity contribution in [3.63, 3.8) is 0 Å². The van der Waals surface area contributed by atoms with Crippen LogP contribution < -0.4 is 15.4 Å². The van der Waals surface area contributed by atoms with Crippen LogP contribution in [0.5, 0.6) is 5.75 Å². The summed E-state index contributed by atoms with van der Waals surface area (Å²) in [5.74, 6) is 0.262. The van der Waals surface area contributed by atoms with Crippen molar-refractivity contribution in [2.45, 2.75) is 75.4 Å². The van der Waals surface area contributed by atoms with Crippen LogP contribution in [0.3, 0.4) is 0 Å². The Morgan fingerprint density at radius 2 is 1.71 bits per heavy atom. The van der Waals surface area contributed by atoms with Gasteiger partial charge in [0.05, 0.1) is 12.0 Å². The number of carbonyl (C=O) groups excluding carboxylic acids is 1. The first-order chi connectivity index (χ1) is 18.3. The first kappa shape index (κ1) is 28.5. The zero-order valence-electron chi connectivity index (χ0n) is 22.8. The predicted molar refractivity (Wildman–Crippen MR) is 148 cm³/mol. The minimum atomic E-state index is -3.87.